The van der Waals surface area contributed by atoms with Gasteiger partial charge in [0.1, 0.15) is 0 Å². The maximum atomic E-state index is 13.3. The fourth-order valence-electron chi connectivity index (χ4n) is 3.94. The minimum Gasteiger partial charge on any atom is -0.493 e. The minimum atomic E-state index is -0.817. The highest BCUT2D eigenvalue weighted by Crippen LogP contribution is 2.43. The minimum absolute atomic E-state index is 0.144. The van der Waals surface area contributed by atoms with Gasteiger partial charge in [-0.25, -0.2) is 4.90 Å². The van der Waals surface area contributed by atoms with Crippen molar-refractivity contribution < 1.29 is 19.0 Å². The number of hydrogen-bond donors (Lipinski definition) is 1. The molecule has 32 heavy (non-hydrogen) atoms. The number of carbonyl (C=O) groups is 1. The second kappa shape index (κ2) is 8.84. The SMILES string of the molecule is CCC(=O)N1c2ccccc2-c2c(=O)[nH]c(SC)n[n+]2[C@H]1c1cc(Cl)cc(OC)c1OC. The van der Waals surface area contributed by atoms with Crippen LogP contribution in [-0.4, -0.2) is 36.5 Å². The Hall–Kier alpha value is -3.04. The van der Waals surface area contributed by atoms with E-state index < -0.39 is 6.17 Å². The molecule has 0 saturated carbocycles. The Balaban J connectivity index is 2.15. The molecule has 1 N–H and O–H groups in total. The van der Waals surface area contributed by atoms with Gasteiger partial charge in [-0.3, -0.25) is 14.6 Å². The normalized spacial score (nSPS) is 14.5. The van der Waals surface area contributed by atoms with Crippen LogP contribution in [0.15, 0.2) is 46.3 Å². The highest BCUT2D eigenvalue weighted by Gasteiger charge is 2.47. The predicted molar refractivity (Wildman–Crippen MR) is 123 cm³/mol. The van der Waals surface area contributed by atoms with E-state index in [1.54, 1.807) is 34.7 Å². The van der Waals surface area contributed by atoms with Crippen LogP contribution in [0.2, 0.25) is 5.02 Å². The molecule has 0 radical (unpaired) electrons. The number of aromatic amines is 1. The van der Waals surface area contributed by atoms with E-state index in [4.69, 9.17) is 21.1 Å². The summed E-state index contributed by atoms with van der Waals surface area (Å²) < 4.78 is 12.7. The van der Waals surface area contributed by atoms with Crippen molar-refractivity contribution in [3.63, 3.8) is 0 Å². The molecule has 1 atom stereocenters. The number of para-hydroxylation sites is 1. The van der Waals surface area contributed by atoms with E-state index in [1.165, 1.54) is 26.0 Å². The van der Waals surface area contributed by atoms with Gasteiger partial charge in [-0.05, 0) is 29.1 Å². The zero-order valence-electron chi connectivity index (χ0n) is 18.0. The van der Waals surface area contributed by atoms with Crippen molar-refractivity contribution >= 4 is 35.0 Å². The zero-order valence-corrected chi connectivity index (χ0v) is 19.6. The number of carbonyl (C=O) groups excluding carboxylic acids is 1. The molecule has 2 heterocycles. The largest absolute Gasteiger partial charge is 0.493 e. The first-order chi connectivity index (χ1) is 15.4. The monoisotopic (exact) mass is 473 g/mol. The van der Waals surface area contributed by atoms with E-state index in [2.05, 4.69) is 10.1 Å². The van der Waals surface area contributed by atoms with E-state index in [0.29, 0.717) is 44.2 Å². The molecule has 166 valence electrons. The zero-order chi connectivity index (χ0) is 23.0. The summed E-state index contributed by atoms with van der Waals surface area (Å²) >= 11 is 7.71. The number of nitrogens with one attached hydrogen (secondary N) is 1. The molecule has 4 rings (SSSR count). The third kappa shape index (κ3) is 3.51. The van der Waals surface area contributed by atoms with E-state index in [9.17, 15) is 9.59 Å². The van der Waals surface area contributed by atoms with Crippen LogP contribution in [0, 0.1) is 0 Å². The second-order valence-corrected chi connectivity index (χ2v) is 8.23. The molecule has 0 aliphatic carbocycles. The van der Waals surface area contributed by atoms with Crippen molar-refractivity contribution in [1.82, 2.24) is 10.1 Å². The third-order valence-electron chi connectivity index (χ3n) is 5.27. The molecule has 0 saturated heterocycles. The molecule has 1 aromatic heterocycles. The van der Waals surface area contributed by atoms with Crippen LogP contribution in [0.1, 0.15) is 25.1 Å². The summed E-state index contributed by atoms with van der Waals surface area (Å²) in [5.41, 5.74) is 1.79. The summed E-state index contributed by atoms with van der Waals surface area (Å²) in [7, 11) is 3.03. The Morgan fingerprint density at radius 2 is 2.03 bits per heavy atom. The van der Waals surface area contributed by atoms with Crippen LogP contribution in [0.4, 0.5) is 5.69 Å². The second-order valence-electron chi connectivity index (χ2n) is 7.00. The van der Waals surface area contributed by atoms with E-state index in [-0.39, 0.29) is 17.9 Å². The first-order valence-corrected chi connectivity index (χ1v) is 11.5. The highest BCUT2D eigenvalue weighted by molar-refractivity contribution is 7.98. The fourth-order valence-corrected chi connectivity index (χ4v) is 4.52. The number of benzene rings is 2. The molecule has 1 aliphatic heterocycles. The standard InChI is InChI=1S/C22H21ClN4O4S/c1-5-17(28)26-15-9-7-6-8-13(15)18-20(29)24-22(32-4)25-27(18)21(26)14-10-12(23)11-16(30-2)19(14)31-3/h6-11,21H,5H2,1-4H3/p+1/t21-/m0/s1. The molecule has 2 aromatic carbocycles. The number of ether oxygens (including phenoxy) is 2. The first-order valence-electron chi connectivity index (χ1n) is 9.88. The Labute approximate surface area is 194 Å². The lowest BCUT2D eigenvalue weighted by Gasteiger charge is -2.32. The number of aromatic nitrogens is 3. The Morgan fingerprint density at radius 3 is 2.69 bits per heavy atom. The Morgan fingerprint density at radius 1 is 1.28 bits per heavy atom. The number of amides is 1. The van der Waals surface area contributed by atoms with Gasteiger partial charge in [0.05, 0.1) is 31.0 Å². The van der Waals surface area contributed by atoms with Gasteiger partial charge in [0.25, 0.3) is 6.17 Å². The number of hydrogen-bond acceptors (Lipinski definition) is 6. The summed E-state index contributed by atoms with van der Waals surface area (Å²) in [5.74, 6) is 0.672. The summed E-state index contributed by atoms with van der Waals surface area (Å²) in [6, 6.07) is 10.6. The van der Waals surface area contributed by atoms with Gasteiger partial charge >= 0.3 is 11.3 Å². The first kappa shape index (κ1) is 22.2. The van der Waals surface area contributed by atoms with E-state index in [0.717, 1.165) is 0 Å². The number of fused-ring (bicyclic) bond motifs is 3. The van der Waals surface area contributed by atoms with Crippen LogP contribution in [0.5, 0.6) is 11.5 Å². The Bertz CT molecular complexity index is 1260. The smallest absolute Gasteiger partial charge is 0.325 e. The average molecular weight is 474 g/mol. The van der Waals surface area contributed by atoms with Crippen LogP contribution in [-0.2, 0) is 4.79 Å². The van der Waals surface area contributed by atoms with Gasteiger partial charge in [0.15, 0.2) is 11.5 Å². The third-order valence-corrected chi connectivity index (χ3v) is 6.06. The molecule has 8 nitrogen and oxygen atoms in total. The summed E-state index contributed by atoms with van der Waals surface area (Å²) in [4.78, 5) is 30.9. The van der Waals surface area contributed by atoms with Crippen LogP contribution < -0.4 is 24.6 Å². The van der Waals surface area contributed by atoms with Crippen LogP contribution >= 0.6 is 23.4 Å². The van der Waals surface area contributed by atoms with Crippen molar-refractivity contribution in [2.24, 2.45) is 0 Å². The lowest BCUT2D eigenvalue weighted by atomic mass is 10.00. The van der Waals surface area contributed by atoms with Crippen molar-refractivity contribution in [3.8, 4) is 22.8 Å². The quantitative estimate of drug-likeness (QED) is 0.451. The molecule has 1 aliphatic rings. The van der Waals surface area contributed by atoms with Gasteiger partial charge in [0.2, 0.25) is 11.1 Å². The number of halogens is 1. The number of methoxy groups -OCH3 is 2. The molecule has 0 unspecified atom stereocenters. The van der Waals surface area contributed by atoms with Gasteiger partial charge in [0, 0.05) is 22.6 Å². The molecule has 3 aromatic rings. The van der Waals surface area contributed by atoms with Gasteiger partial charge in [-0.2, -0.15) is 0 Å². The van der Waals surface area contributed by atoms with E-state index >= 15 is 0 Å². The maximum absolute atomic E-state index is 13.3. The average Bonchev–Trinajstić information content (AvgIpc) is 2.81. The molecule has 0 fully saturated rings. The summed E-state index contributed by atoms with van der Waals surface area (Å²) in [5, 5.41) is 5.48. The molecular weight excluding hydrogens is 452 g/mol. The van der Waals surface area contributed by atoms with Crippen molar-refractivity contribution in [3.05, 3.63) is 57.3 Å². The van der Waals surface area contributed by atoms with Crippen molar-refractivity contribution in [2.75, 3.05) is 25.4 Å². The summed E-state index contributed by atoms with van der Waals surface area (Å²) in [6.07, 6.45) is 1.25. The van der Waals surface area contributed by atoms with Crippen LogP contribution in [0.3, 0.4) is 0 Å². The number of anilines is 1. The lowest BCUT2D eigenvalue weighted by Crippen LogP contribution is -2.61. The molecular formula is C22H22ClN4O4S+. The van der Waals surface area contributed by atoms with Crippen molar-refractivity contribution in [2.45, 2.75) is 24.7 Å². The van der Waals surface area contributed by atoms with E-state index in [1.807, 2.05) is 24.5 Å². The maximum Gasteiger partial charge on any atom is 0.325 e. The van der Waals surface area contributed by atoms with Gasteiger partial charge in [-0.15, -0.1) is 0 Å². The number of nitrogens with zero attached hydrogens (tertiary/aromatic N) is 3. The number of H-pyrrole nitrogens is 1. The Kier molecular flexibility index (Phi) is 6.12. The van der Waals surface area contributed by atoms with Gasteiger partial charge in [-0.1, -0.05) is 42.4 Å². The molecule has 10 heteroatoms. The topological polar surface area (TPSA) is 88.4 Å². The lowest BCUT2D eigenvalue weighted by molar-refractivity contribution is -0.763. The predicted octanol–water partition coefficient (Wildman–Crippen LogP) is 3.42. The molecule has 1 amide bonds. The molecule has 0 bridgehead atoms. The fraction of sp³-hybridized carbons (Fsp3) is 0.273. The summed E-state index contributed by atoms with van der Waals surface area (Å²) in [6.45, 7) is 1.79. The molecule has 0 spiro atoms. The van der Waals surface area contributed by atoms with Crippen LogP contribution in [0.25, 0.3) is 11.3 Å². The highest BCUT2D eigenvalue weighted by atomic mass is 35.5. The number of rotatable bonds is 5. The van der Waals surface area contributed by atoms with Crippen molar-refractivity contribution in [1.29, 1.82) is 0 Å². The number of thioether (sulfide) groups is 1. The van der Waals surface area contributed by atoms with Gasteiger partial charge < -0.3 is 9.47 Å².